The van der Waals surface area contributed by atoms with Crippen LogP contribution in [-0.4, -0.2) is 21.1 Å². The van der Waals surface area contributed by atoms with Gasteiger partial charge in [0.05, 0.1) is 6.20 Å². The van der Waals surface area contributed by atoms with Crippen LogP contribution in [-0.2, 0) is 0 Å². The number of rotatable bonds is 3. The molecule has 0 amide bonds. The number of hydrogen-bond donors (Lipinski definition) is 1. The van der Waals surface area contributed by atoms with Gasteiger partial charge in [0.25, 0.3) is 0 Å². The van der Waals surface area contributed by atoms with Gasteiger partial charge >= 0.3 is 0 Å². The fourth-order valence-corrected chi connectivity index (χ4v) is 2.41. The van der Waals surface area contributed by atoms with E-state index in [0.29, 0.717) is 0 Å². The standard InChI is InChI=1S/C7H9IN4S/c1-2-3-9-6-11-12-5(8)4-10-7(12)13-6/h4H,2-3H2,1H3,(H,9,11). The van der Waals surface area contributed by atoms with E-state index in [1.54, 1.807) is 11.3 Å². The Kier molecular flexibility index (Phi) is 2.68. The summed E-state index contributed by atoms with van der Waals surface area (Å²) >= 11 is 3.80. The first-order valence-corrected chi connectivity index (χ1v) is 5.94. The lowest BCUT2D eigenvalue weighted by molar-refractivity contribution is 0.921. The van der Waals surface area contributed by atoms with Gasteiger partial charge in [-0.25, -0.2) is 4.98 Å². The fraction of sp³-hybridized carbons (Fsp3) is 0.429. The summed E-state index contributed by atoms with van der Waals surface area (Å²) in [6, 6.07) is 0. The van der Waals surface area contributed by atoms with E-state index in [1.165, 1.54) is 0 Å². The molecule has 13 heavy (non-hydrogen) atoms. The number of aromatic nitrogens is 3. The van der Waals surface area contributed by atoms with Crippen LogP contribution in [0.25, 0.3) is 4.96 Å². The summed E-state index contributed by atoms with van der Waals surface area (Å²) in [4.78, 5) is 5.17. The SMILES string of the molecule is CCCNc1nn2c(I)cnc2s1. The molecular formula is C7H9IN4S. The van der Waals surface area contributed by atoms with Crippen LogP contribution in [0.2, 0.25) is 0 Å². The summed E-state index contributed by atoms with van der Waals surface area (Å²) in [6.45, 7) is 3.10. The molecule has 2 aromatic rings. The number of nitrogens with zero attached hydrogens (tertiary/aromatic N) is 3. The molecule has 0 unspecified atom stereocenters. The number of hydrogen-bond acceptors (Lipinski definition) is 4. The van der Waals surface area contributed by atoms with E-state index >= 15 is 0 Å². The minimum Gasteiger partial charge on any atom is -0.360 e. The molecular weight excluding hydrogens is 299 g/mol. The van der Waals surface area contributed by atoms with E-state index in [4.69, 9.17) is 0 Å². The van der Waals surface area contributed by atoms with Gasteiger partial charge in [-0.05, 0) is 29.0 Å². The second-order valence-electron chi connectivity index (χ2n) is 2.61. The smallest absolute Gasteiger partial charge is 0.214 e. The van der Waals surface area contributed by atoms with E-state index in [1.807, 2.05) is 10.7 Å². The first-order valence-electron chi connectivity index (χ1n) is 4.05. The summed E-state index contributed by atoms with van der Waals surface area (Å²) in [6.07, 6.45) is 2.93. The van der Waals surface area contributed by atoms with Crippen LogP contribution < -0.4 is 5.32 Å². The van der Waals surface area contributed by atoms with Gasteiger partial charge in [-0.2, -0.15) is 4.52 Å². The zero-order valence-corrected chi connectivity index (χ0v) is 10.1. The zero-order valence-electron chi connectivity index (χ0n) is 7.12. The van der Waals surface area contributed by atoms with Crippen molar-refractivity contribution in [3.05, 3.63) is 9.90 Å². The van der Waals surface area contributed by atoms with Crippen LogP contribution in [0.1, 0.15) is 13.3 Å². The van der Waals surface area contributed by atoms with E-state index in [9.17, 15) is 0 Å². The lowest BCUT2D eigenvalue weighted by Crippen LogP contribution is -1.99. The fourth-order valence-electron chi connectivity index (χ4n) is 0.970. The molecule has 0 bridgehead atoms. The molecule has 4 nitrogen and oxygen atoms in total. The second kappa shape index (κ2) is 3.79. The third-order valence-corrected chi connectivity index (χ3v) is 3.19. The van der Waals surface area contributed by atoms with E-state index in [2.05, 4.69) is 44.9 Å². The minimum absolute atomic E-state index is 0.947. The molecule has 0 saturated carbocycles. The second-order valence-corrected chi connectivity index (χ2v) is 4.67. The van der Waals surface area contributed by atoms with Gasteiger partial charge in [-0.3, -0.25) is 0 Å². The molecule has 0 aliphatic heterocycles. The highest BCUT2D eigenvalue weighted by atomic mass is 127. The van der Waals surface area contributed by atoms with Crippen molar-refractivity contribution < 1.29 is 0 Å². The predicted molar refractivity (Wildman–Crippen MR) is 62.4 cm³/mol. The monoisotopic (exact) mass is 308 g/mol. The quantitative estimate of drug-likeness (QED) is 0.884. The zero-order chi connectivity index (χ0) is 9.26. The van der Waals surface area contributed by atoms with Gasteiger partial charge in [-0.15, -0.1) is 5.10 Å². The molecule has 0 saturated heterocycles. The van der Waals surface area contributed by atoms with Crippen molar-refractivity contribution in [2.45, 2.75) is 13.3 Å². The molecule has 0 radical (unpaired) electrons. The number of anilines is 1. The van der Waals surface area contributed by atoms with Crippen molar-refractivity contribution in [2.24, 2.45) is 0 Å². The predicted octanol–water partition coefficient (Wildman–Crippen LogP) is 2.22. The van der Waals surface area contributed by atoms with E-state index < -0.39 is 0 Å². The van der Waals surface area contributed by atoms with Crippen molar-refractivity contribution in [1.29, 1.82) is 0 Å². The van der Waals surface area contributed by atoms with Gasteiger partial charge in [0, 0.05) is 6.54 Å². The number of halogens is 1. The maximum atomic E-state index is 4.36. The summed E-state index contributed by atoms with van der Waals surface area (Å²) < 4.78 is 2.90. The first-order chi connectivity index (χ1) is 6.31. The topological polar surface area (TPSA) is 42.2 Å². The minimum atomic E-state index is 0.947. The molecule has 0 atom stereocenters. The van der Waals surface area contributed by atoms with Crippen molar-refractivity contribution >= 4 is 44.0 Å². The Morgan fingerprint density at radius 2 is 2.54 bits per heavy atom. The maximum Gasteiger partial charge on any atom is 0.214 e. The molecule has 0 spiro atoms. The summed E-state index contributed by atoms with van der Waals surface area (Å²) in [5.74, 6) is 0. The van der Waals surface area contributed by atoms with Gasteiger partial charge in [0.15, 0.2) is 0 Å². The number of imidazole rings is 1. The molecule has 0 fully saturated rings. The Morgan fingerprint density at radius 3 is 3.23 bits per heavy atom. The Morgan fingerprint density at radius 1 is 1.69 bits per heavy atom. The van der Waals surface area contributed by atoms with Crippen molar-refractivity contribution in [3.8, 4) is 0 Å². The van der Waals surface area contributed by atoms with Gasteiger partial charge in [-0.1, -0.05) is 18.3 Å². The summed E-state index contributed by atoms with van der Waals surface area (Å²) in [5.41, 5.74) is 0. The molecule has 2 rings (SSSR count). The van der Waals surface area contributed by atoms with Crippen molar-refractivity contribution in [2.75, 3.05) is 11.9 Å². The van der Waals surface area contributed by atoms with Crippen LogP contribution in [0.4, 0.5) is 5.13 Å². The summed E-state index contributed by atoms with van der Waals surface area (Å²) in [5, 5.41) is 8.55. The highest BCUT2D eigenvalue weighted by Crippen LogP contribution is 2.20. The van der Waals surface area contributed by atoms with Crippen LogP contribution in [0.3, 0.4) is 0 Å². The van der Waals surface area contributed by atoms with Crippen molar-refractivity contribution in [3.63, 3.8) is 0 Å². The van der Waals surface area contributed by atoms with Crippen LogP contribution in [0.5, 0.6) is 0 Å². The molecule has 6 heteroatoms. The molecule has 2 heterocycles. The number of nitrogens with one attached hydrogen (secondary N) is 1. The molecule has 2 aromatic heterocycles. The average molecular weight is 308 g/mol. The molecule has 0 aliphatic carbocycles. The normalized spacial score (nSPS) is 10.9. The molecule has 0 aliphatic rings. The molecule has 1 N–H and O–H groups in total. The third-order valence-electron chi connectivity index (χ3n) is 1.57. The molecule has 0 aromatic carbocycles. The van der Waals surface area contributed by atoms with Crippen LogP contribution >= 0.6 is 33.9 Å². The first kappa shape index (κ1) is 9.20. The van der Waals surface area contributed by atoms with Crippen LogP contribution in [0, 0.1) is 3.70 Å². The van der Waals surface area contributed by atoms with Gasteiger partial charge in [0.1, 0.15) is 3.70 Å². The maximum absolute atomic E-state index is 4.36. The lowest BCUT2D eigenvalue weighted by Gasteiger charge is -1.95. The van der Waals surface area contributed by atoms with Gasteiger partial charge < -0.3 is 5.32 Å². The van der Waals surface area contributed by atoms with E-state index in [-0.39, 0.29) is 0 Å². The molecule has 70 valence electrons. The Bertz CT molecular complexity index is 407. The third kappa shape index (κ3) is 1.78. The Hall–Kier alpha value is -0.370. The number of fused-ring (bicyclic) bond motifs is 1. The Labute approximate surface area is 93.5 Å². The lowest BCUT2D eigenvalue weighted by atomic mass is 10.5. The van der Waals surface area contributed by atoms with E-state index in [0.717, 1.165) is 26.8 Å². The highest BCUT2D eigenvalue weighted by Gasteiger charge is 2.06. The van der Waals surface area contributed by atoms with Crippen LogP contribution in [0.15, 0.2) is 6.20 Å². The highest BCUT2D eigenvalue weighted by molar-refractivity contribution is 14.1. The van der Waals surface area contributed by atoms with Gasteiger partial charge in [0.2, 0.25) is 10.1 Å². The average Bonchev–Trinajstić information content (AvgIpc) is 2.65. The summed E-state index contributed by atoms with van der Waals surface area (Å²) in [7, 11) is 0. The Balaban J connectivity index is 2.28. The van der Waals surface area contributed by atoms with Crippen molar-refractivity contribution in [1.82, 2.24) is 14.6 Å². The largest absolute Gasteiger partial charge is 0.360 e.